The molecule has 0 unspecified atom stereocenters. The lowest BCUT2D eigenvalue weighted by Gasteiger charge is -2.36. The molecule has 0 radical (unpaired) electrons. The SMILES string of the molecule is C[C@@H](CC(=O)N1CCN(c2ncccc2F)CC1)c1ccccc1. The Morgan fingerprint density at radius 3 is 2.50 bits per heavy atom. The summed E-state index contributed by atoms with van der Waals surface area (Å²) in [5.74, 6) is 0.426. The number of benzene rings is 1. The van der Waals surface area contributed by atoms with E-state index < -0.39 is 0 Å². The Morgan fingerprint density at radius 1 is 1.12 bits per heavy atom. The molecule has 2 heterocycles. The Hall–Kier alpha value is -2.43. The molecule has 1 aliphatic heterocycles. The van der Waals surface area contributed by atoms with Gasteiger partial charge in [0.1, 0.15) is 0 Å². The van der Waals surface area contributed by atoms with Gasteiger partial charge in [-0.15, -0.1) is 0 Å². The molecule has 1 saturated heterocycles. The molecule has 1 aromatic heterocycles. The molecular weight excluding hydrogens is 305 g/mol. The Labute approximate surface area is 141 Å². The van der Waals surface area contributed by atoms with Crippen LogP contribution in [0.1, 0.15) is 24.8 Å². The number of carbonyl (C=O) groups excluding carboxylic acids is 1. The summed E-state index contributed by atoms with van der Waals surface area (Å²) >= 11 is 0. The molecule has 3 rings (SSSR count). The van der Waals surface area contributed by atoms with Crippen LogP contribution in [0.2, 0.25) is 0 Å². The van der Waals surface area contributed by atoms with Crippen LogP contribution in [-0.4, -0.2) is 42.0 Å². The van der Waals surface area contributed by atoms with Crippen molar-refractivity contribution in [2.75, 3.05) is 31.1 Å². The molecule has 0 saturated carbocycles. The number of nitrogens with zero attached hydrogens (tertiary/aromatic N) is 3. The first-order valence-corrected chi connectivity index (χ1v) is 8.33. The first kappa shape index (κ1) is 16.4. The first-order chi connectivity index (χ1) is 11.6. The zero-order valence-electron chi connectivity index (χ0n) is 13.9. The van der Waals surface area contributed by atoms with Crippen molar-refractivity contribution in [3.05, 3.63) is 60.0 Å². The lowest BCUT2D eigenvalue weighted by molar-refractivity contribution is -0.131. The summed E-state index contributed by atoms with van der Waals surface area (Å²) in [6.45, 7) is 4.51. The van der Waals surface area contributed by atoms with Crippen molar-refractivity contribution >= 4 is 11.7 Å². The Bertz CT molecular complexity index is 684. The molecule has 2 aromatic rings. The molecule has 1 amide bonds. The third-order valence-corrected chi connectivity index (χ3v) is 4.52. The van der Waals surface area contributed by atoms with Crippen LogP contribution in [0.4, 0.5) is 10.2 Å². The minimum Gasteiger partial charge on any atom is -0.351 e. The van der Waals surface area contributed by atoms with Crippen molar-refractivity contribution in [3.63, 3.8) is 0 Å². The second-order valence-electron chi connectivity index (χ2n) is 6.19. The zero-order valence-corrected chi connectivity index (χ0v) is 13.9. The number of pyridine rings is 1. The molecule has 1 aromatic carbocycles. The average molecular weight is 327 g/mol. The van der Waals surface area contributed by atoms with Crippen LogP contribution in [0.15, 0.2) is 48.7 Å². The van der Waals surface area contributed by atoms with Gasteiger partial charge in [0.15, 0.2) is 11.6 Å². The van der Waals surface area contributed by atoms with Gasteiger partial charge in [-0.05, 0) is 23.6 Å². The zero-order chi connectivity index (χ0) is 16.9. The fourth-order valence-corrected chi connectivity index (χ4v) is 3.07. The fourth-order valence-electron chi connectivity index (χ4n) is 3.07. The van der Waals surface area contributed by atoms with Crippen LogP contribution in [0.5, 0.6) is 0 Å². The maximum absolute atomic E-state index is 13.8. The van der Waals surface area contributed by atoms with Crippen LogP contribution in [0, 0.1) is 5.82 Å². The summed E-state index contributed by atoms with van der Waals surface area (Å²) in [4.78, 5) is 20.4. The van der Waals surface area contributed by atoms with E-state index in [1.54, 1.807) is 12.3 Å². The Kier molecular flexibility index (Phi) is 5.08. The van der Waals surface area contributed by atoms with Gasteiger partial charge in [-0.3, -0.25) is 4.79 Å². The molecule has 24 heavy (non-hydrogen) atoms. The standard InChI is InChI=1S/C19H22FN3O/c1-15(16-6-3-2-4-7-16)14-18(24)22-10-12-23(13-11-22)19-17(20)8-5-9-21-19/h2-9,15H,10-14H2,1H3/t15-/m0/s1. The molecule has 1 atom stereocenters. The maximum atomic E-state index is 13.8. The van der Waals surface area contributed by atoms with Crippen LogP contribution in [0.25, 0.3) is 0 Å². The molecule has 4 nitrogen and oxygen atoms in total. The van der Waals surface area contributed by atoms with Gasteiger partial charge in [-0.25, -0.2) is 9.37 Å². The maximum Gasteiger partial charge on any atom is 0.223 e. The second-order valence-corrected chi connectivity index (χ2v) is 6.19. The van der Waals surface area contributed by atoms with Gasteiger partial charge in [0.2, 0.25) is 5.91 Å². The van der Waals surface area contributed by atoms with Gasteiger partial charge in [-0.1, -0.05) is 37.3 Å². The Balaban J connectivity index is 1.55. The molecule has 1 aliphatic rings. The third kappa shape index (κ3) is 3.72. The minimum absolute atomic E-state index is 0.160. The summed E-state index contributed by atoms with van der Waals surface area (Å²) in [5, 5.41) is 0. The van der Waals surface area contributed by atoms with Crippen molar-refractivity contribution in [2.24, 2.45) is 0 Å². The van der Waals surface area contributed by atoms with Gasteiger partial charge >= 0.3 is 0 Å². The minimum atomic E-state index is -0.310. The smallest absolute Gasteiger partial charge is 0.223 e. The number of hydrogen-bond acceptors (Lipinski definition) is 3. The highest BCUT2D eigenvalue weighted by Gasteiger charge is 2.24. The number of rotatable bonds is 4. The highest BCUT2D eigenvalue weighted by molar-refractivity contribution is 5.77. The number of amides is 1. The number of carbonyl (C=O) groups is 1. The molecule has 0 bridgehead atoms. The molecule has 0 N–H and O–H groups in total. The number of halogens is 1. The van der Waals surface area contributed by atoms with Crippen molar-refractivity contribution in [1.82, 2.24) is 9.88 Å². The Morgan fingerprint density at radius 2 is 1.83 bits per heavy atom. The molecular formula is C19H22FN3O. The largest absolute Gasteiger partial charge is 0.351 e. The number of hydrogen-bond donors (Lipinski definition) is 0. The van der Waals surface area contributed by atoms with E-state index in [9.17, 15) is 9.18 Å². The topological polar surface area (TPSA) is 36.4 Å². The first-order valence-electron chi connectivity index (χ1n) is 8.33. The summed E-state index contributed by atoms with van der Waals surface area (Å²) in [6.07, 6.45) is 2.10. The average Bonchev–Trinajstić information content (AvgIpc) is 2.63. The van der Waals surface area contributed by atoms with Gasteiger partial charge in [0.05, 0.1) is 0 Å². The fraction of sp³-hybridized carbons (Fsp3) is 0.368. The molecule has 1 fully saturated rings. The molecule has 126 valence electrons. The predicted octanol–water partition coefficient (Wildman–Crippen LogP) is 3.06. The van der Waals surface area contributed by atoms with E-state index in [1.165, 1.54) is 11.6 Å². The summed E-state index contributed by atoms with van der Waals surface area (Å²) in [6, 6.07) is 13.1. The van der Waals surface area contributed by atoms with E-state index in [4.69, 9.17) is 0 Å². The quantitative estimate of drug-likeness (QED) is 0.866. The lowest BCUT2D eigenvalue weighted by atomic mass is 9.97. The van der Waals surface area contributed by atoms with Crippen molar-refractivity contribution in [2.45, 2.75) is 19.3 Å². The van der Waals surface area contributed by atoms with Gasteiger partial charge in [0, 0.05) is 38.8 Å². The van der Waals surface area contributed by atoms with Crippen molar-refractivity contribution < 1.29 is 9.18 Å². The number of anilines is 1. The number of piperazine rings is 1. The van der Waals surface area contributed by atoms with Crippen molar-refractivity contribution in [3.8, 4) is 0 Å². The van der Waals surface area contributed by atoms with Crippen LogP contribution >= 0.6 is 0 Å². The van der Waals surface area contributed by atoms with E-state index in [1.807, 2.05) is 28.0 Å². The van der Waals surface area contributed by atoms with E-state index in [0.717, 1.165) is 0 Å². The van der Waals surface area contributed by atoms with Crippen LogP contribution in [0.3, 0.4) is 0 Å². The van der Waals surface area contributed by atoms with Crippen molar-refractivity contribution in [1.29, 1.82) is 0 Å². The third-order valence-electron chi connectivity index (χ3n) is 4.52. The summed E-state index contributed by atoms with van der Waals surface area (Å²) in [5.41, 5.74) is 1.18. The molecule has 0 aliphatic carbocycles. The van der Waals surface area contributed by atoms with E-state index in [0.29, 0.717) is 38.4 Å². The number of aromatic nitrogens is 1. The summed E-state index contributed by atoms with van der Waals surface area (Å²) < 4.78 is 13.8. The lowest BCUT2D eigenvalue weighted by Crippen LogP contribution is -2.49. The monoisotopic (exact) mass is 327 g/mol. The van der Waals surface area contributed by atoms with Gasteiger partial charge < -0.3 is 9.80 Å². The van der Waals surface area contributed by atoms with E-state index in [-0.39, 0.29) is 17.6 Å². The van der Waals surface area contributed by atoms with Crippen LogP contribution in [-0.2, 0) is 4.79 Å². The molecule has 5 heteroatoms. The highest BCUT2D eigenvalue weighted by Crippen LogP contribution is 2.21. The second kappa shape index (κ2) is 7.43. The van der Waals surface area contributed by atoms with E-state index >= 15 is 0 Å². The van der Waals surface area contributed by atoms with Gasteiger partial charge in [-0.2, -0.15) is 0 Å². The van der Waals surface area contributed by atoms with Crippen LogP contribution < -0.4 is 4.90 Å². The van der Waals surface area contributed by atoms with Gasteiger partial charge in [0.25, 0.3) is 0 Å². The summed E-state index contributed by atoms with van der Waals surface area (Å²) in [7, 11) is 0. The highest BCUT2D eigenvalue weighted by atomic mass is 19.1. The van der Waals surface area contributed by atoms with E-state index in [2.05, 4.69) is 24.0 Å². The molecule has 0 spiro atoms. The predicted molar refractivity (Wildman–Crippen MR) is 92.5 cm³/mol. The normalized spacial score (nSPS) is 16.1.